The van der Waals surface area contributed by atoms with Gasteiger partial charge in [0.1, 0.15) is 22.8 Å². The lowest BCUT2D eigenvalue weighted by molar-refractivity contribution is 0.0475. The summed E-state index contributed by atoms with van der Waals surface area (Å²) in [5, 5.41) is 4.52. The molecule has 1 aromatic heterocycles. The smallest absolute Gasteiger partial charge is 0.342 e. The van der Waals surface area contributed by atoms with Crippen LogP contribution in [0.5, 0.6) is 5.75 Å². The lowest BCUT2D eigenvalue weighted by Gasteiger charge is -2.06. The van der Waals surface area contributed by atoms with Crippen molar-refractivity contribution >= 4 is 11.8 Å². The monoisotopic (exact) mass is 430 g/mol. The molecule has 7 heteroatoms. The van der Waals surface area contributed by atoms with E-state index >= 15 is 0 Å². The maximum atomic E-state index is 13.3. The van der Waals surface area contributed by atoms with E-state index in [1.807, 2.05) is 0 Å². The van der Waals surface area contributed by atoms with Crippen LogP contribution in [-0.2, 0) is 4.74 Å². The van der Waals surface area contributed by atoms with Gasteiger partial charge in [0.05, 0.1) is 12.8 Å². The second-order valence-electron chi connectivity index (χ2n) is 6.91. The van der Waals surface area contributed by atoms with Crippen molar-refractivity contribution in [2.75, 3.05) is 13.7 Å². The van der Waals surface area contributed by atoms with Crippen molar-refractivity contribution in [2.24, 2.45) is 0 Å². The predicted octanol–water partition coefficient (Wildman–Crippen LogP) is 4.73. The summed E-state index contributed by atoms with van der Waals surface area (Å²) in [6, 6.07) is 21.4. The lowest BCUT2D eigenvalue weighted by Crippen LogP contribution is -2.14. The van der Waals surface area contributed by atoms with E-state index in [-0.39, 0.29) is 17.2 Å². The molecule has 0 atom stereocenters. The summed E-state index contributed by atoms with van der Waals surface area (Å²) in [6.07, 6.45) is 1.50. The number of hydrogen-bond acceptors (Lipinski definition) is 5. The van der Waals surface area contributed by atoms with Crippen molar-refractivity contribution in [3.8, 4) is 22.7 Å². The van der Waals surface area contributed by atoms with Gasteiger partial charge in [-0.05, 0) is 36.4 Å². The number of methoxy groups -OCH3 is 1. The minimum absolute atomic E-state index is 0.170. The summed E-state index contributed by atoms with van der Waals surface area (Å²) >= 11 is 0. The summed E-state index contributed by atoms with van der Waals surface area (Å²) in [5.74, 6) is -0.793. The molecule has 160 valence electrons. The zero-order chi connectivity index (χ0) is 22.5. The van der Waals surface area contributed by atoms with Crippen LogP contribution in [0, 0.1) is 5.82 Å². The largest absolute Gasteiger partial charge is 0.497 e. The van der Waals surface area contributed by atoms with E-state index in [0.29, 0.717) is 28.3 Å². The van der Waals surface area contributed by atoms with Crippen LogP contribution in [0.15, 0.2) is 85.1 Å². The molecular formula is C25H19FN2O4. The van der Waals surface area contributed by atoms with Crippen molar-refractivity contribution in [2.45, 2.75) is 0 Å². The number of carbonyl (C=O) groups is 2. The highest BCUT2D eigenvalue weighted by Crippen LogP contribution is 2.27. The van der Waals surface area contributed by atoms with Crippen molar-refractivity contribution in [3.05, 3.63) is 102 Å². The molecule has 0 saturated carbocycles. The Hall–Kier alpha value is -4.26. The van der Waals surface area contributed by atoms with E-state index in [4.69, 9.17) is 9.47 Å². The van der Waals surface area contributed by atoms with Crippen LogP contribution >= 0.6 is 0 Å². The van der Waals surface area contributed by atoms with Crippen LogP contribution in [0.1, 0.15) is 20.7 Å². The molecule has 1 heterocycles. The van der Waals surface area contributed by atoms with Crippen LogP contribution in [-0.4, -0.2) is 35.2 Å². The summed E-state index contributed by atoms with van der Waals surface area (Å²) < 4.78 is 25.4. The summed E-state index contributed by atoms with van der Waals surface area (Å²) in [7, 11) is 1.54. The number of aromatic nitrogens is 2. The van der Waals surface area contributed by atoms with Gasteiger partial charge in [0.15, 0.2) is 12.4 Å². The summed E-state index contributed by atoms with van der Waals surface area (Å²) in [5.41, 5.74) is 2.17. The van der Waals surface area contributed by atoms with Gasteiger partial charge in [-0.25, -0.2) is 13.9 Å². The Labute approximate surface area is 183 Å². The fourth-order valence-corrected chi connectivity index (χ4v) is 3.15. The van der Waals surface area contributed by atoms with Crippen LogP contribution in [0.3, 0.4) is 0 Å². The molecule has 6 nitrogen and oxygen atoms in total. The average molecular weight is 430 g/mol. The number of nitrogens with zero attached hydrogens (tertiary/aromatic N) is 2. The third kappa shape index (κ3) is 4.57. The van der Waals surface area contributed by atoms with Crippen LogP contribution in [0.25, 0.3) is 16.9 Å². The highest BCUT2D eigenvalue weighted by Gasteiger charge is 2.21. The minimum Gasteiger partial charge on any atom is -0.497 e. The molecule has 32 heavy (non-hydrogen) atoms. The Balaban J connectivity index is 1.66. The molecule has 4 aromatic rings. The van der Waals surface area contributed by atoms with Gasteiger partial charge < -0.3 is 9.47 Å². The molecule has 0 bridgehead atoms. The van der Waals surface area contributed by atoms with E-state index in [1.165, 1.54) is 23.0 Å². The molecule has 0 aliphatic carbocycles. The van der Waals surface area contributed by atoms with Gasteiger partial charge in [-0.15, -0.1) is 0 Å². The molecule has 0 spiro atoms. The predicted molar refractivity (Wildman–Crippen MR) is 117 cm³/mol. The van der Waals surface area contributed by atoms with Crippen molar-refractivity contribution in [1.82, 2.24) is 9.78 Å². The molecule has 0 unspecified atom stereocenters. The van der Waals surface area contributed by atoms with Crippen LogP contribution < -0.4 is 4.74 Å². The van der Waals surface area contributed by atoms with Crippen molar-refractivity contribution in [3.63, 3.8) is 0 Å². The zero-order valence-electron chi connectivity index (χ0n) is 17.2. The number of ketones is 1. The average Bonchev–Trinajstić information content (AvgIpc) is 3.29. The van der Waals surface area contributed by atoms with Gasteiger partial charge in [-0.3, -0.25) is 4.79 Å². The van der Waals surface area contributed by atoms with E-state index in [2.05, 4.69) is 5.10 Å². The summed E-state index contributed by atoms with van der Waals surface area (Å²) in [6.45, 7) is -0.401. The number of carbonyl (C=O) groups excluding carboxylic acids is 2. The Morgan fingerprint density at radius 3 is 2.44 bits per heavy atom. The van der Waals surface area contributed by atoms with E-state index in [9.17, 15) is 14.0 Å². The normalized spacial score (nSPS) is 10.6. The van der Waals surface area contributed by atoms with Gasteiger partial charge in [0.2, 0.25) is 0 Å². The molecule has 0 radical (unpaired) electrons. The molecule has 3 aromatic carbocycles. The lowest BCUT2D eigenvalue weighted by atomic mass is 10.1. The Bertz CT molecular complexity index is 1250. The zero-order valence-corrected chi connectivity index (χ0v) is 17.2. The minimum atomic E-state index is -0.694. The molecule has 0 saturated heterocycles. The highest BCUT2D eigenvalue weighted by molar-refractivity contribution is 6.01. The third-order valence-corrected chi connectivity index (χ3v) is 4.80. The molecule has 0 N–H and O–H groups in total. The van der Waals surface area contributed by atoms with Gasteiger partial charge in [-0.1, -0.05) is 42.5 Å². The van der Waals surface area contributed by atoms with Gasteiger partial charge in [0, 0.05) is 17.3 Å². The Kier molecular flexibility index (Phi) is 6.07. The highest BCUT2D eigenvalue weighted by atomic mass is 19.1. The molecule has 4 rings (SSSR count). The Morgan fingerprint density at radius 2 is 1.72 bits per heavy atom. The second-order valence-corrected chi connectivity index (χ2v) is 6.91. The SMILES string of the molecule is COc1cccc(-c2nn(-c3ccc(F)cc3)cc2C(=O)OCC(=O)c2ccccc2)c1. The summed E-state index contributed by atoms with van der Waals surface area (Å²) in [4.78, 5) is 25.2. The second kappa shape index (κ2) is 9.26. The number of benzene rings is 3. The van der Waals surface area contributed by atoms with Crippen LogP contribution in [0.4, 0.5) is 4.39 Å². The maximum Gasteiger partial charge on any atom is 0.342 e. The molecular weight excluding hydrogens is 411 g/mol. The quantitative estimate of drug-likeness (QED) is 0.313. The number of Topliss-reactive ketones (excluding diaryl/α,β-unsaturated/α-hetero) is 1. The molecule has 0 aliphatic rings. The number of hydrogen-bond donors (Lipinski definition) is 0. The molecule has 0 aliphatic heterocycles. The first-order valence-electron chi connectivity index (χ1n) is 9.80. The molecule has 0 amide bonds. The first kappa shape index (κ1) is 21.0. The van der Waals surface area contributed by atoms with Crippen molar-refractivity contribution < 1.29 is 23.5 Å². The fraction of sp³-hybridized carbons (Fsp3) is 0.0800. The number of esters is 1. The topological polar surface area (TPSA) is 70.4 Å². The number of ether oxygens (including phenoxy) is 2. The van der Waals surface area contributed by atoms with Crippen molar-refractivity contribution in [1.29, 1.82) is 0 Å². The van der Waals surface area contributed by atoms with E-state index in [0.717, 1.165) is 0 Å². The molecule has 0 fully saturated rings. The first-order chi connectivity index (χ1) is 15.5. The number of halogens is 1. The van der Waals surface area contributed by atoms with Gasteiger partial charge in [-0.2, -0.15) is 5.10 Å². The van der Waals surface area contributed by atoms with Crippen LogP contribution in [0.2, 0.25) is 0 Å². The first-order valence-corrected chi connectivity index (χ1v) is 9.80. The third-order valence-electron chi connectivity index (χ3n) is 4.80. The van der Waals surface area contributed by atoms with E-state index in [1.54, 1.807) is 73.8 Å². The fourth-order valence-electron chi connectivity index (χ4n) is 3.15. The van der Waals surface area contributed by atoms with Gasteiger partial charge in [0.25, 0.3) is 0 Å². The van der Waals surface area contributed by atoms with Gasteiger partial charge >= 0.3 is 5.97 Å². The van der Waals surface area contributed by atoms with E-state index < -0.39 is 12.6 Å². The maximum absolute atomic E-state index is 13.3. The number of rotatable bonds is 7. The standard InChI is InChI=1S/C25H19FN2O4/c1-31-21-9-5-8-18(14-21)24-22(15-28(27-24)20-12-10-19(26)11-13-20)25(30)32-16-23(29)17-6-3-2-4-7-17/h2-15H,16H2,1H3. The Morgan fingerprint density at radius 1 is 0.969 bits per heavy atom.